The lowest BCUT2D eigenvalue weighted by atomic mass is 9.79. The molecule has 5 nitrogen and oxygen atoms in total. The molecule has 0 radical (unpaired) electrons. The maximum Gasteiger partial charge on any atom is 0.246 e. The summed E-state index contributed by atoms with van der Waals surface area (Å²) in [5, 5.41) is 37.1. The second kappa shape index (κ2) is 4.74. The van der Waals surface area contributed by atoms with E-state index in [9.17, 15) is 21.0 Å². The van der Waals surface area contributed by atoms with Gasteiger partial charge < -0.3 is 4.74 Å². The molecule has 1 saturated carbocycles. The highest BCUT2D eigenvalue weighted by atomic mass is 16.5. The third-order valence-electron chi connectivity index (χ3n) is 3.91. The Hall–Kier alpha value is -2.34. The monoisotopic (exact) mass is 252 g/mol. The van der Waals surface area contributed by atoms with Crippen molar-refractivity contribution in [3.63, 3.8) is 0 Å². The minimum absolute atomic E-state index is 0.0777. The molecule has 1 fully saturated rings. The number of allylic oxidation sites excluding steroid dienone is 1. The number of ether oxygens (including phenoxy) is 1. The van der Waals surface area contributed by atoms with Crippen molar-refractivity contribution in [2.75, 3.05) is 0 Å². The van der Waals surface area contributed by atoms with Gasteiger partial charge in [-0.25, -0.2) is 0 Å². The van der Waals surface area contributed by atoms with Crippen molar-refractivity contribution < 1.29 is 4.74 Å². The van der Waals surface area contributed by atoms with Gasteiger partial charge in [-0.3, -0.25) is 0 Å². The fourth-order valence-corrected chi connectivity index (χ4v) is 2.92. The fraction of sp³-hybridized carbons (Fsp3) is 0.571. The molecule has 2 rings (SSSR count). The van der Waals surface area contributed by atoms with Crippen LogP contribution in [0.3, 0.4) is 0 Å². The Morgan fingerprint density at radius 1 is 1.00 bits per heavy atom. The van der Waals surface area contributed by atoms with Crippen molar-refractivity contribution in [2.24, 2.45) is 11.8 Å². The molecule has 0 spiro atoms. The summed E-state index contributed by atoms with van der Waals surface area (Å²) in [4.78, 5) is 0. The highest BCUT2D eigenvalue weighted by Gasteiger charge is 2.52. The molecule has 0 bridgehead atoms. The third-order valence-corrected chi connectivity index (χ3v) is 3.91. The Labute approximate surface area is 111 Å². The Balaban J connectivity index is 2.53. The van der Waals surface area contributed by atoms with Crippen LogP contribution in [-0.4, -0.2) is 11.2 Å². The van der Waals surface area contributed by atoms with Crippen molar-refractivity contribution >= 4 is 0 Å². The second-order valence-electron chi connectivity index (χ2n) is 4.95. The van der Waals surface area contributed by atoms with Crippen LogP contribution in [0.1, 0.15) is 25.7 Å². The molecule has 5 heteroatoms. The molecule has 2 unspecified atom stereocenters. The first-order valence-electron chi connectivity index (χ1n) is 6.17. The SMILES string of the molecule is N#CC1(C#N)C/C=C\C2CCCC2C(C#N)(C#N)O1. The largest absolute Gasteiger partial charge is 0.312 e. The van der Waals surface area contributed by atoms with Crippen LogP contribution >= 0.6 is 0 Å². The standard InChI is InChI=1S/C14H12N4O/c15-7-13(8-16)6-2-4-11-3-1-5-12(11)14(9-17,10-18)19-13/h2,4,11-12H,1,3,5-6H2/b4-2-. The zero-order valence-corrected chi connectivity index (χ0v) is 10.3. The predicted octanol–water partition coefficient (Wildman–Crippen LogP) is 1.95. The Kier molecular flexibility index (Phi) is 3.26. The van der Waals surface area contributed by atoms with Gasteiger partial charge in [0.15, 0.2) is 0 Å². The van der Waals surface area contributed by atoms with Gasteiger partial charge in [0, 0.05) is 12.3 Å². The van der Waals surface area contributed by atoms with Gasteiger partial charge in [0.25, 0.3) is 0 Å². The average Bonchev–Trinajstić information content (AvgIpc) is 2.90. The zero-order chi connectivity index (χ0) is 13.9. The van der Waals surface area contributed by atoms with Crippen molar-refractivity contribution in [1.82, 2.24) is 0 Å². The van der Waals surface area contributed by atoms with Crippen molar-refractivity contribution in [3.05, 3.63) is 12.2 Å². The number of rotatable bonds is 0. The highest BCUT2D eigenvalue weighted by Crippen LogP contribution is 2.44. The molecule has 0 amide bonds. The van der Waals surface area contributed by atoms with E-state index < -0.39 is 11.2 Å². The van der Waals surface area contributed by atoms with E-state index in [-0.39, 0.29) is 18.3 Å². The molecule has 0 N–H and O–H groups in total. The quantitative estimate of drug-likeness (QED) is 0.613. The van der Waals surface area contributed by atoms with E-state index in [1.807, 2.05) is 18.2 Å². The van der Waals surface area contributed by atoms with Gasteiger partial charge in [-0.05, 0) is 18.8 Å². The van der Waals surface area contributed by atoms with Crippen LogP contribution in [-0.2, 0) is 4.74 Å². The Morgan fingerprint density at radius 2 is 1.68 bits per heavy atom. The van der Waals surface area contributed by atoms with E-state index in [2.05, 4.69) is 0 Å². The molecule has 19 heavy (non-hydrogen) atoms. The summed E-state index contributed by atoms with van der Waals surface area (Å²) < 4.78 is 5.48. The molecule has 1 heterocycles. The molecule has 0 saturated heterocycles. The average molecular weight is 252 g/mol. The maximum absolute atomic E-state index is 9.39. The van der Waals surface area contributed by atoms with Crippen molar-refractivity contribution in [3.8, 4) is 24.3 Å². The van der Waals surface area contributed by atoms with Crippen LogP contribution in [0.5, 0.6) is 0 Å². The Morgan fingerprint density at radius 3 is 2.26 bits per heavy atom. The van der Waals surface area contributed by atoms with Crippen molar-refractivity contribution in [1.29, 1.82) is 21.0 Å². The lowest BCUT2D eigenvalue weighted by Crippen LogP contribution is -2.48. The summed E-state index contributed by atoms with van der Waals surface area (Å²) in [6.07, 6.45) is 6.28. The molecule has 1 aliphatic heterocycles. The van der Waals surface area contributed by atoms with Crippen LogP contribution < -0.4 is 0 Å². The van der Waals surface area contributed by atoms with Gasteiger partial charge in [-0.15, -0.1) is 0 Å². The van der Waals surface area contributed by atoms with Crippen LogP contribution in [0.15, 0.2) is 12.2 Å². The topological polar surface area (TPSA) is 104 Å². The first-order chi connectivity index (χ1) is 9.15. The molecule has 0 aromatic carbocycles. The molecular formula is C14H12N4O. The first-order valence-corrected chi connectivity index (χ1v) is 6.17. The maximum atomic E-state index is 9.39. The number of nitrogens with zero attached hydrogens (tertiary/aromatic N) is 4. The fourth-order valence-electron chi connectivity index (χ4n) is 2.92. The number of nitriles is 4. The van der Waals surface area contributed by atoms with Gasteiger partial charge in [0.05, 0.1) is 0 Å². The lowest BCUT2D eigenvalue weighted by molar-refractivity contribution is -0.0745. The van der Waals surface area contributed by atoms with E-state index >= 15 is 0 Å². The smallest absolute Gasteiger partial charge is 0.246 e. The summed E-state index contributed by atoms with van der Waals surface area (Å²) >= 11 is 0. The number of hydrogen-bond donors (Lipinski definition) is 0. The van der Waals surface area contributed by atoms with Gasteiger partial charge in [0.2, 0.25) is 11.2 Å². The van der Waals surface area contributed by atoms with Gasteiger partial charge in [0.1, 0.15) is 24.3 Å². The van der Waals surface area contributed by atoms with Gasteiger partial charge in [-0.1, -0.05) is 18.6 Å². The van der Waals surface area contributed by atoms with E-state index in [1.165, 1.54) is 0 Å². The molecule has 2 aliphatic rings. The van der Waals surface area contributed by atoms with Crippen LogP contribution in [0.25, 0.3) is 0 Å². The molecule has 2 atom stereocenters. The van der Waals surface area contributed by atoms with E-state index in [0.29, 0.717) is 6.42 Å². The third kappa shape index (κ3) is 1.96. The summed E-state index contributed by atoms with van der Waals surface area (Å²) in [6.45, 7) is 0. The first kappa shape index (κ1) is 13.1. The normalized spacial score (nSPS) is 32.2. The lowest BCUT2D eigenvalue weighted by Gasteiger charge is -2.35. The molecule has 0 aromatic heterocycles. The van der Waals surface area contributed by atoms with E-state index in [0.717, 1.165) is 12.8 Å². The molecule has 94 valence electrons. The molecule has 1 aliphatic carbocycles. The second-order valence-corrected chi connectivity index (χ2v) is 4.95. The summed E-state index contributed by atoms with van der Waals surface area (Å²) in [6, 6.07) is 7.42. The Bertz CT molecular complexity index is 538. The highest BCUT2D eigenvalue weighted by molar-refractivity contribution is 5.31. The predicted molar refractivity (Wildman–Crippen MR) is 63.6 cm³/mol. The number of hydrogen-bond acceptors (Lipinski definition) is 5. The summed E-state index contributed by atoms with van der Waals surface area (Å²) in [7, 11) is 0. The van der Waals surface area contributed by atoms with Crippen molar-refractivity contribution in [2.45, 2.75) is 36.9 Å². The van der Waals surface area contributed by atoms with Gasteiger partial charge >= 0.3 is 0 Å². The minimum Gasteiger partial charge on any atom is -0.312 e. The van der Waals surface area contributed by atoms with Gasteiger partial charge in [-0.2, -0.15) is 21.0 Å². The van der Waals surface area contributed by atoms with E-state index in [4.69, 9.17) is 4.74 Å². The van der Waals surface area contributed by atoms with E-state index in [1.54, 1.807) is 18.2 Å². The minimum atomic E-state index is -1.75. The summed E-state index contributed by atoms with van der Waals surface area (Å²) in [5.74, 6) is -0.171. The molecular weight excluding hydrogens is 240 g/mol. The van der Waals surface area contributed by atoms with Crippen LogP contribution in [0, 0.1) is 57.2 Å². The zero-order valence-electron chi connectivity index (χ0n) is 10.3. The van der Waals surface area contributed by atoms with Crippen LogP contribution in [0.4, 0.5) is 0 Å². The molecule has 0 aromatic rings. The summed E-state index contributed by atoms with van der Waals surface area (Å²) in [5.41, 5.74) is -3.47. The van der Waals surface area contributed by atoms with Crippen LogP contribution in [0.2, 0.25) is 0 Å². The number of fused-ring (bicyclic) bond motifs is 1.